The van der Waals surface area contributed by atoms with E-state index >= 15 is 0 Å². The molecule has 0 fully saturated rings. The van der Waals surface area contributed by atoms with Crippen LogP contribution in [0.2, 0.25) is 0 Å². The number of nitrogens with zero attached hydrogens (tertiary/aromatic N) is 4. The zero-order valence-corrected chi connectivity index (χ0v) is 32.6. The van der Waals surface area contributed by atoms with Crippen molar-refractivity contribution in [2.45, 2.75) is 0 Å². The third-order valence-corrected chi connectivity index (χ3v) is 12.1. The van der Waals surface area contributed by atoms with E-state index in [2.05, 4.69) is 132 Å². The van der Waals surface area contributed by atoms with Crippen LogP contribution in [0.3, 0.4) is 0 Å². The Balaban J connectivity index is 1.06. The number of rotatable bonds is 5. The second kappa shape index (κ2) is 13.1. The SMILES string of the molecule is c1ccc(-c2nc(-c3ccc4c(c3)oc3ccccc34)nc(-n3c4ccc5ccccc5c4c4cccc(-c5cccc(-c6ccc7c(c6)oc6ccccc67)c5)c43)n2)cc1. The molecule has 0 radical (unpaired) electrons. The summed E-state index contributed by atoms with van der Waals surface area (Å²) in [6, 6.07) is 67.5. The largest absolute Gasteiger partial charge is 0.456 e. The van der Waals surface area contributed by atoms with E-state index in [1.165, 1.54) is 10.8 Å². The van der Waals surface area contributed by atoms with Gasteiger partial charge in [0.05, 0.1) is 11.0 Å². The van der Waals surface area contributed by atoms with Crippen LogP contribution < -0.4 is 0 Å². The van der Waals surface area contributed by atoms with Gasteiger partial charge in [-0.1, -0.05) is 146 Å². The van der Waals surface area contributed by atoms with Gasteiger partial charge in [-0.3, -0.25) is 4.57 Å². The first kappa shape index (κ1) is 33.6. The predicted octanol–water partition coefficient (Wildman–Crippen LogP) is 14.6. The summed E-state index contributed by atoms with van der Waals surface area (Å²) in [6.07, 6.45) is 0. The van der Waals surface area contributed by atoms with Crippen LogP contribution in [0.25, 0.3) is 127 Å². The van der Waals surface area contributed by atoms with Gasteiger partial charge < -0.3 is 8.83 Å². The second-order valence-corrected chi connectivity index (χ2v) is 15.6. The molecular weight excluding hydrogens is 749 g/mol. The van der Waals surface area contributed by atoms with E-state index in [-0.39, 0.29) is 0 Å². The minimum Gasteiger partial charge on any atom is -0.456 e. The second-order valence-electron chi connectivity index (χ2n) is 15.6. The van der Waals surface area contributed by atoms with Crippen LogP contribution in [-0.4, -0.2) is 19.5 Å². The number of benzene rings is 9. The number of fused-ring (bicyclic) bond motifs is 11. The van der Waals surface area contributed by atoms with Crippen molar-refractivity contribution in [2.24, 2.45) is 0 Å². The lowest BCUT2D eigenvalue weighted by molar-refractivity contribution is 0.668. The molecule has 0 saturated carbocycles. The first-order valence-corrected chi connectivity index (χ1v) is 20.4. The smallest absolute Gasteiger partial charge is 0.238 e. The summed E-state index contributed by atoms with van der Waals surface area (Å²) >= 11 is 0. The first-order valence-electron chi connectivity index (χ1n) is 20.4. The van der Waals surface area contributed by atoms with Crippen LogP contribution in [-0.2, 0) is 0 Å². The molecule has 0 unspecified atom stereocenters. The highest BCUT2D eigenvalue weighted by Gasteiger charge is 2.22. The van der Waals surface area contributed by atoms with Crippen molar-refractivity contribution in [1.82, 2.24) is 19.5 Å². The molecule has 0 N–H and O–H groups in total. The molecule has 9 aromatic carbocycles. The fourth-order valence-corrected chi connectivity index (χ4v) is 9.22. The molecule has 4 aromatic heterocycles. The van der Waals surface area contributed by atoms with Crippen LogP contribution in [0, 0.1) is 0 Å². The lowest BCUT2D eigenvalue weighted by atomic mass is 9.96. The Bertz CT molecular complexity index is 3900. The third kappa shape index (κ3) is 5.26. The van der Waals surface area contributed by atoms with Crippen molar-refractivity contribution in [1.29, 1.82) is 0 Å². The van der Waals surface area contributed by atoms with Gasteiger partial charge in [0.25, 0.3) is 0 Å². The lowest BCUT2D eigenvalue weighted by Gasteiger charge is -2.13. The van der Waals surface area contributed by atoms with E-state index in [1.807, 2.05) is 66.7 Å². The van der Waals surface area contributed by atoms with Gasteiger partial charge in [0, 0.05) is 49.0 Å². The van der Waals surface area contributed by atoms with Crippen molar-refractivity contribution in [3.63, 3.8) is 0 Å². The summed E-state index contributed by atoms with van der Waals surface area (Å²) in [6.45, 7) is 0. The quantitative estimate of drug-likeness (QED) is 0.174. The summed E-state index contributed by atoms with van der Waals surface area (Å²) in [7, 11) is 0. The highest BCUT2D eigenvalue weighted by atomic mass is 16.3. The number of hydrogen-bond donors (Lipinski definition) is 0. The van der Waals surface area contributed by atoms with Crippen molar-refractivity contribution >= 4 is 76.5 Å². The monoisotopic (exact) mass is 780 g/mol. The van der Waals surface area contributed by atoms with Gasteiger partial charge in [0.1, 0.15) is 22.3 Å². The van der Waals surface area contributed by atoms with Crippen LogP contribution in [0.1, 0.15) is 0 Å². The van der Waals surface area contributed by atoms with E-state index in [4.69, 9.17) is 23.8 Å². The van der Waals surface area contributed by atoms with Gasteiger partial charge in [-0.05, 0) is 76.0 Å². The van der Waals surface area contributed by atoms with Crippen molar-refractivity contribution in [3.8, 4) is 51.0 Å². The Morgan fingerprint density at radius 1 is 0.344 bits per heavy atom. The summed E-state index contributed by atoms with van der Waals surface area (Å²) in [5.41, 5.74) is 11.5. The van der Waals surface area contributed by atoms with Gasteiger partial charge in [-0.25, -0.2) is 4.98 Å². The highest BCUT2D eigenvalue weighted by molar-refractivity contribution is 6.23. The molecule has 13 rings (SSSR count). The van der Waals surface area contributed by atoms with Gasteiger partial charge in [-0.15, -0.1) is 0 Å². The highest BCUT2D eigenvalue weighted by Crippen LogP contribution is 2.42. The third-order valence-electron chi connectivity index (χ3n) is 12.1. The van der Waals surface area contributed by atoms with E-state index < -0.39 is 0 Å². The van der Waals surface area contributed by atoms with E-state index in [0.29, 0.717) is 17.6 Å². The molecule has 0 saturated heterocycles. The van der Waals surface area contributed by atoms with Gasteiger partial charge in [0.15, 0.2) is 11.6 Å². The zero-order valence-electron chi connectivity index (χ0n) is 32.6. The van der Waals surface area contributed by atoms with Gasteiger partial charge in [0.2, 0.25) is 5.95 Å². The Morgan fingerprint density at radius 2 is 0.902 bits per heavy atom. The Hall–Kier alpha value is -8.35. The van der Waals surface area contributed by atoms with Gasteiger partial charge in [-0.2, -0.15) is 9.97 Å². The summed E-state index contributed by atoms with van der Waals surface area (Å²) in [5, 5.41) is 8.96. The maximum absolute atomic E-state index is 6.35. The molecule has 4 heterocycles. The first-order chi connectivity index (χ1) is 30.2. The number of hydrogen-bond acceptors (Lipinski definition) is 5. The molecule has 284 valence electrons. The average molecular weight is 781 g/mol. The number of para-hydroxylation sites is 3. The minimum atomic E-state index is 0.530. The van der Waals surface area contributed by atoms with Crippen LogP contribution in [0.15, 0.2) is 203 Å². The van der Waals surface area contributed by atoms with E-state index in [0.717, 1.165) is 99.1 Å². The molecule has 13 aromatic rings. The Morgan fingerprint density at radius 3 is 1.67 bits per heavy atom. The lowest BCUT2D eigenvalue weighted by Crippen LogP contribution is -2.07. The molecular formula is C55H32N4O2. The molecule has 0 spiro atoms. The zero-order chi connectivity index (χ0) is 40.0. The Kier molecular flexibility index (Phi) is 7.21. The molecule has 0 amide bonds. The van der Waals surface area contributed by atoms with Crippen molar-refractivity contribution < 1.29 is 8.83 Å². The van der Waals surface area contributed by atoms with E-state index in [9.17, 15) is 0 Å². The van der Waals surface area contributed by atoms with E-state index in [1.54, 1.807) is 0 Å². The maximum Gasteiger partial charge on any atom is 0.238 e. The molecule has 6 heteroatoms. The Labute approximate surface area is 348 Å². The maximum atomic E-state index is 6.35. The van der Waals surface area contributed by atoms with Gasteiger partial charge >= 0.3 is 0 Å². The normalized spacial score (nSPS) is 11.9. The molecule has 0 aliphatic carbocycles. The predicted molar refractivity (Wildman–Crippen MR) is 248 cm³/mol. The van der Waals surface area contributed by atoms with Crippen molar-refractivity contribution in [3.05, 3.63) is 194 Å². The van der Waals surface area contributed by atoms with Crippen molar-refractivity contribution in [2.75, 3.05) is 0 Å². The molecule has 0 aliphatic heterocycles. The molecule has 0 atom stereocenters. The summed E-state index contributed by atoms with van der Waals surface area (Å²) < 4.78 is 14.9. The van der Waals surface area contributed by atoms with Crippen LogP contribution in [0.4, 0.5) is 0 Å². The minimum absolute atomic E-state index is 0.530. The fourth-order valence-electron chi connectivity index (χ4n) is 9.22. The molecule has 6 nitrogen and oxygen atoms in total. The summed E-state index contributed by atoms with van der Waals surface area (Å²) in [4.78, 5) is 15.8. The standard InChI is InChI=1S/C55H32N4O2/c1-2-13-34(14-3-1)53-56-54(38-25-28-44-42-19-7-9-23-48(42)61-50(44)32-38)58-55(57-53)59-46-29-26-33-12-4-5-17-39(33)51(46)45-21-11-20-40(52(45)59)37-16-10-15-35(30-37)36-24-27-43-41-18-6-8-22-47(41)60-49(43)31-36/h1-32H. The number of aromatic nitrogens is 4. The van der Waals surface area contributed by atoms with Crippen LogP contribution >= 0.6 is 0 Å². The topological polar surface area (TPSA) is 69.9 Å². The fraction of sp³-hybridized carbons (Fsp3) is 0. The molecule has 61 heavy (non-hydrogen) atoms. The molecule has 0 aliphatic rings. The number of furan rings is 2. The summed E-state index contributed by atoms with van der Waals surface area (Å²) in [5.74, 6) is 1.67. The van der Waals surface area contributed by atoms with Crippen LogP contribution in [0.5, 0.6) is 0 Å². The average Bonchev–Trinajstić information content (AvgIpc) is 4.01. The molecule has 0 bridgehead atoms.